The zero-order valence-electron chi connectivity index (χ0n) is 11.1. The smallest absolute Gasteiger partial charge is 0.320 e. The van der Waals surface area contributed by atoms with Crippen molar-refractivity contribution in [3.63, 3.8) is 0 Å². The van der Waals surface area contributed by atoms with Crippen LogP contribution < -0.4 is 0 Å². The first-order valence-electron chi connectivity index (χ1n) is 6.79. The minimum Gasteiger partial charge on any atom is -0.480 e. The van der Waals surface area contributed by atoms with Crippen LogP contribution in [0.25, 0.3) is 0 Å². The van der Waals surface area contributed by atoms with Gasteiger partial charge in [-0.15, -0.1) is 11.8 Å². The summed E-state index contributed by atoms with van der Waals surface area (Å²) in [6.45, 7) is 1.55. The van der Waals surface area contributed by atoms with Gasteiger partial charge in [0.05, 0.1) is 0 Å². The summed E-state index contributed by atoms with van der Waals surface area (Å²) in [5.41, 5.74) is 0.204. The van der Waals surface area contributed by atoms with E-state index in [0.717, 1.165) is 48.3 Å². The number of ether oxygens (including phenoxy) is 1. The summed E-state index contributed by atoms with van der Waals surface area (Å²) in [6.07, 6.45) is 3.52. The number of rotatable bonds is 3. The molecule has 1 aromatic carbocycles. The van der Waals surface area contributed by atoms with Crippen LogP contribution in [0.1, 0.15) is 25.7 Å². The molecule has 2 fully saturated rings. The predicted molar refractivity (Wildman–Crippen MR) is 82.1 cm³/mol. The van der Waals surface area contributed by atoms with E-state index in [1.54, 1.807) is 0 Å². The highest BCUT2D eigenvalue weighted by molar-refractivity contribution is 9.10. The molecule has 2 aliphatic rings. The molecule has 3 nitrogen and oxygen atoms in total. The average molecular weight is 357 g/mol. The van der Waals surface area contributed by atoms with Gasteiger partial charge in [0, 0.05) is 22.6 Å². The van der Waals surface area contributed by atoms with E-state index >= 15 is 0 Å². The van der Waals surface area contributed by atoms with Crippen molar-refractivity contribution in [1.82, 2.24) is 0 Å². The molecule has 1 spiro atoms. The summed E-state index contributed by atoms with van der Waals surface area (Å²) >= 11 is 4.94. The number of thioether (sulfide) groups is 1. The average Bonchev–Trinajstić information content (AvgIpc) is 2.37. The van der Waals surface area contributed by atoms with Gasteiger partial charge in [-0.25, -0.2) is 0 Å². The fourth-order valence-corrected chi connectivity index (χ4v) is 5.52. The fraction of sp³-hybridized carbons (Fsp3) is 0.533. The van der Waals surface area contributed by atoms with Crippen molar-refractivity contribution in [2.24, 2.45) is 5.41 Å². The molecule has 1 N–H and O–H groups in total. The van der Waals surface area contributed by atoms with E-state index in [4.69, 9.17) is 4.74 Å². The molecule has 20 heavy (non-hydrogen) atoms. The van der Waals surface area contributed by atoms with Gasteiger partial charge in [0.2, 0.25) is 0 Å². The van der Waals surface area contributed by atoms with Gasteiger partial charge in [-0.3, -0.25) is 4.79 Å². The van der Waals surface area contributed by atoms with Gasteiger partial charge in [0.15, 0.2) is 0 Å². The quantitative estimate of drug-likeness (QED) is 0.890. The van der Waals surface area contributed by atoms with Gasteiger partial charge >= 0.3 is 5.97 Å². The largest absolute Gasteiger partial charge is 0.480 e. The first kappa shape index (κ1) is 14.4. The van der Waals surface area contributed by atoms with Crippen molar-refractivity contribution in [3.05, 3.63) is 28.7 Å². The number of hydrogen-bond acceptors (Lipinski definition) is 3. The molecule has 0 radical (unpaired) electrons. The Morgan fingerprint density at radius 1 is 1.30 bits per heavy atom. The second-order valence-corrected chi connectivity index (χ2v) is 8.20. The third-order valence-electron chi connectivity index (χ3n) is 4.37. The molecule has 0 amide bonds. The summed E-state index contributed by atoms with van der Waals surface area (Å²) in [6, 6.07) is 7.88. The molecule has 0 atom stereocenters. The highest BCUT2D eigenvalue weighted by Gasteiger charge is 2.59. The van der Waals surface area contributed by atoms with Crippen LogP contribution in [0.15, 0.2) is 33.6 Å². The van der Waals surface area contributed by atoms with Crippen molar-refractivity contribution in [3.8, 4) is 0 Å². The lowest BCUT2D eigenvalue weighted by Gasteiger charge is -2.55. The van der Waals surface area contributed by atoms with Crippen molar-refractivity contribution >= 4 is 33.7 Å². The Balaban J connectivity index is 1.76. The SMILES string of the molecule is O=C(O)C1(Sc2cccc(Br)c2)CC2(CCOCC2)C1. The minimum absolute atomic E-state index is 0.204. The Kier molecular flexibility index (Phi) is 3.86. The van der Waals surface area contributed by atoms with Crippen LogP contribution in [0, 0.1) is 5.41 Å². The third kappa shape index (κ3) is 2.63. The zero-order valence-corrected chi connectivity index (χ0v) is 13.5. The maximum Gasteiger partial charge on any atom is 0.320 e. The van der Waals surface area contributed by atoms with Crippen molar-refractivity contribution in [2.45, 2.75) is 35.3 Å². The maximum atomic E-state index is 11.8. The van der Waals surface area contributed by atoms with Crippen LogP contribution in [0.4, 0.5) is 0 Å². The molecule has 5 heteroatoms. The molecule has 0 unspecified atom stereocenters. The topological polar surface area (TPSA) is 46.5 Å². The number of carbonyl (C=O) groups is 1. The summed E-state index contributed by atoms with van der Waals surface area (Å²) in [4.78, 5) is 12.8. The summed E-state index contributed by atoms with van der Waals surface area (Å²) in [5.74, 6) is -0.681. The predicted octanol–water partition coefficient (Wildman–Crippen LogP) is 3.96. The number of benzene rings is 1. The molecule has 1 aliphatic heterocycles. The summed E-state index contributed by atoms with van der Waals surface area (Å²) in [7, 11) is 0. The zero-order chi connectivity index (χ0) is 14.2. The lowest BCUT2D eigenvalue weighted by atomic mass is 9.57. The molecule has 1 heterocycles. The van der Waals surface area contributed by atoms with Gasteiger partial charge < -0.3 is 9.84 Å². The van der Waals surface area contributed by atoms with Crippen molar-refractivity contribution in [1.29, 1.82) is 0 Å². The van der Waals surface area contributed by atoms with Crippen LogP contribution in [-0.4, -0.2) is 29.0 Å². The molecular formula is C15H17BrO3S. The molecule has 0 aromatic heterocycles. The summed E-state index contributed by atoms with van der Waals surface area (Å²) < 4.78 is 5.74. The van der Waals surface area contributed by atoms with Gasteiger partial charge in [0.1, 0.15) is 4.75 Å². The van der Waals surface area contributed by atoms with Gasteiger partial charge in [0.25, 0.3) is 0 Å². The number of aliphatic carboxylic acids is 1. The Hall–Kier alpha value is -0.520. The van der Waals surface area contributed by atoms with E-state index < -0.39 is 10.7 Å². The number of hydrogen-bond donors (Lipinski definition) is 1. The Bertz CT molecular complexity index is 518. The van der Waals surface area contributed by atoms with Gasteiger partial charge in [-0.05, 0) is 49.3 Å². The van der Waals surface area contributed by atoms with Crippen molar-refractivity contribution < 1.29 is 14.6 Å². The normalized spacial score (nSPS) is 23.2. The standard InChI is InChI=1S/C15H17BrO3S/c16-11-2-1-3-12(8-11)20-15(13(17)18)9-14(10-15)4-6-19-7-5-14/h1-3,8H,4-7,9-10H2,(H,17,18). The second-order valence-electron chi connectivity index (χ2n) is 5.82. The van der Waals surface area contributed by atoms with E-state index in [1.165, 1.54) is 11.8 Å². The van der Waals surface area contributed by atoms with Crippen LogP contribution in [0.3, 0.4) is 0 Å². The molecule has 1 aliphatic carbocycles. The number of halogens is 1. The number of carboxylic acids is 1. The Morgan fingerprint density at radius 3 is 2.60 bits per heavy atom. The summed E-state index contributed by atoms with van der Waals surface area (Å²) in [5, 5.41) is 9.66. The Labute approximate surface area is 131 Å². The third-order valence-corrected chi connectivity index (χ3v) is 6.21. The second kappa shape index (κ2) is 5.35. The lowest BCUT2D eigenvalue weighted by Crippen LogP contribution is -2.56. The Morgan fingerprint density at radius 2 is 2.00 bits per heavy atom. The molecule has 1 aromatic rings. The maximum absolute atomic E-state index is 11.8. The molecule has 1 saturated heterocycles. The number of carboxylic acid groups (broad SMARTS) is 1. The molecule has 0 bridgehead atoms. The van der Waals surface area contributed by atoms with Crippen LogP contribution in [0.2, 0.25) is 0 Å². The van der Waals surface area contributed by atoms with Gasteiger partial charge in [-0.2, -0.15) is 0 Å². The van der Waals surface area contributed by atoms with E-state index in [1.807, 2.05) is 24.3 Å². The first-order chi connectivity index (χ1) is 9.54. The highest BCUT2D eigenvalue weighted by atomic mass is 79.9. The molecular weight excluding hydrogens is 340 g/mol. The van der Waals surface area contributed by atoms with E-state index in [2.05, 4.69) is 15.9 Å². The minimum atomic E-state index is -0.681. The van der Waals surface area contributed by atoms with E-state index in [0.29, 0.717) is 0 Å². The fourth-order valence-electron chi connectivity index (χ4n) is 3.34. The first-order valence-corrected chi connectivity index (χ1v) is 8.40. The van der Waals surface area contributed by atoms with Crippen LogP contribution in [0.5, 0.6) is 0 Å². The van der Waals surface area contributed by atoms with E-state index in [9.17, 15) is 9.90 Å². The lowest BCUT2D eigenvalue weighted by molar-refractivity contribution is -0.150. The van der Waals surface area contributed by atoms with E-state index in [-0.39, 0.29) is 5.41 Å². The molecule has 3 rings (SSSR count). The monoisotopic (exact) mass is 356 g/mol. The van der Waals surface area contributed by atoms with Crippen LogP contribution in [-0.2, 0) is 9.53 Å². The highest BCUT2D eigenvalue weighted by Crippen LogP contribution is 2.61. The molecule has 108 valence electrons. The van der Waals surface area contributed by atoms with Gasteiger partial charge in [-0.1, -0.05) is 22.0 Å². The molecule has 1 saturated carbocycles. The van der Waals surface area contributed by atoms with Crippen molar-refractivity contribution in [2.75, 3.05) is 13.2 Å². The van der Waals surface area contributed by atoms with Crippen LogP contribution >= 0.6 is 27.7 Å².